The van der Waals surface area contributed by atoms with Gasteiger partial charge in [-0.1, -0.05) is 36.4 Å². The summed E-state index contributed by atoms with van der Waals surface area (Å²) in [5, 5.41) is 28.6. The molecule has 15 heteroatoms. The lowest BCUT2D eigenvalue weighted by Crippen LogP contribution is -2.21. The van der Waals surface area contributed by atoms with Gasteiger partial charge in [-0.3, -0.25) is 10.4 Å². The Bertz CT molecular complexity index is 1660. The summed E-state index contributed by atoms with van der Waals surface area (Å²) >= 11 is 0. The number of aromatic nitrogens is 3. The van der Waals surface area contributed by atoms with Crippen molar-refractivity contribution < 1.29 is 42.1 Å². The van der Waals surface area contributed by atoms with E-state index >= 15 is 4.39 Å². The Labute approximate surface area is 234 Å². The number of aromatic carboxylic acids is 1. The zero-order chi connectivity index (χ0) is 31.2. The summed E-state index contributed by atoms with van der Waals surface area (Å²) in [4.78, 5) is 36.0. The first-order valence-corrected chi connectivity index (χ1v) is 11.8. The van der Waals surface area contributed by atoms with Gasteiger partial charge < -0.3 is 20.7 Å². The number of carboxylic acid groups (broad SMARTS) is 2. The van der Waals surface area contributed by atoms with Gasteiger partial charge in [-0.15, -0.1) is 5.10 Å². The lowest BCUT2D eigenvalue weighted by Gasteiger charge is -2.17. The second kappa shape index (κ2) is 12.8. The van der Waals surface area contributed by atoms with Crippen LogP contribution in [-0.2, 0) is 11.2 Å². The number of alkyl halides is 3. The van der Waals surface area contributed by atoms with Crippen LogP contribution in [0.25, 0.3) is 5.69 Å². The fourth-order valence-electron chi connectivity index (χ4n) is 3.83. The minimum Gasteiger partial charge on any atom is -0.497 e. The fourth-order valence-corrected chi connectivity index (χ4v) is 3.83. The van der Waals surface area contributed by atoms with Crippen LogP contribution in [0, 0.1) is 11.2 Å². The molecule has 0 bridgehead atoms. The summed E-state index contributed by atoms with van der Waals surface area (Å²) in [6.07, 6.45) is -4.84. The van der Waals surface area contributed by atoms with Crippen molar-refractivity contribution in [3.05, 3.63) is 111 Å². The van der Waals surface area contributed by atoms with Gasteiger partial charge in [0.25, 0.3) is 0 Å². The topological polar surface area (TPSA) is 184 Å². The van der Waals surface area contributed by atoms with Crippen molar-refractivity contribution in [2.75, 3.05) is 7.11 Å². The third-order valence-corrected chi connectivity index (χ3v) is 5.85. The molecule has 0 aliphatic heterocycles. The van der Waals surface area contributed by atoms with Gasteiger partial charge in [0.1, 0.15) is 23.2 Å². The predicted molar refractivity (Wildman–Crippen MR) is 141 cm³/mol. The first-order chi connectivity index (χ1) is 19.7. The van der Waals surface area contributed by atoms with Crippen LogP contribution in [-0.4, -0.2) is 56.0 Å². The molecule has 1 aromatic heterocycles. The van der Waals surface area contributed by atoms with Gasteiger partial charge in [0.2, 0.25) is 0 Å². The normalized spacial score (nSPS) is 11.6. The number of aliphatic carboxylic acids is 1. The average molecular weight is 590 g/mol. The Morgan fingerprint density at radius 3 is 2.26 bits per heavy atom. The molecular weight excluding hydrogens is 566 g/mol. The number of halogens is 4. The van der Waals surface area contributed by atoms with Crippen molar-refractivity contribution in [3.63, 3.8) is 0 Å². The number of nitrogen functional groups attached to an aromatic ring is 1. The van der Waals surface area contributed by atoms with E-state index in [9.17, 15) is 27.9 Å². The van der Waals surface area contributed by atoms with Gasteiger partial charge in [0, 0.05) is 11.1 Å². The molecule has 0 aliphatic carbocycles. The Morgan fingerprint density at radius 1 is 1.10 bits per heavy atom. The summed E-state index contributed by atoms with van der Waals surface area (Å²) in [7, 11) is 1.46. The standard InChI is InChI=1S/C25H22FN5O4.C2HF3O2/c1-35-16-10-11-20(26)18(13-16)19(12-14-6-8-15(9-7-14)22(27)28)23-29-25(34)31(30-23)21-5-3-2-4-17(21)24(32)33;3-2(4,5)1(6)7/h2-11,13,19H,12H2,1H3,(H3,27,28)(H,32,33)(H,29,30,34);(H,6,7). The van der Waals surface area contributed by atoms with E-state index in [1.807, 2.05) is 0 Å². The van der Waals surface area contributed by atoms with E-state index in [0.29, 0.717) is 11.3 Å². The molecule has 3 aromatic carbocycles. The van der Waals surface area contributed by atoms with Crippen molar-refractivity contribution in [1.82, 2.24) is 14.8 Å². The lowest BCUT2D eigenvalue weighted by atomic mass is 9.90. The number of nitrogens with zero attached hydrogens (tertiary/aromatic N) is 2. The number of hydrogen-bond donors (Lipinski definition) is 5. The van der Waals surface area contributed by atoms with E-state index in [1.165, 1.54) is 37.4 Å². The van der Waals surface area contributed by atoms with E-state index in [0.717, 1.165) is 10.2 Å². The van der Waals surface area contributed by atoms with Crippen molar-refractivity contribution in [2.45, 2.75) is 18.5 Å². The number of ether oxygens (including phenoxy) is 1. The largest absolute Gasteiger partial charge is 0.497 e. The predicted octanol–water partition coefficient (Wildman–Crippen LogP) is 3.70. The highest BCUT2D eigenvalue weighted by Crippen LogP contribution is 2.31. The van der Waals surface area contributed by atoms with Gasteiger partial charge >= 0.3 is 23.8 Å². The molecule has 0 spiro atoms. The zero-order valence-corrected chi connectivity index (χ0v) is 21.6. The molecule has 0 aliphatic rings. The Hall–Kier alpha value is -5.47. The number of hydrogen-bond acceptors (Lipinski definition) is 6. The third-order valence-electron chi connectivity index (χ3n) is 5.85. The van der Waals surface area contributed by atoms with E-state index in [4.69, 9.17) is 25.8 Å². The van der Waals surface area contributed by atoms with Crippen molar-refractivity contribution in [2.24, 2.45) is 5.73 Å². The maximum Gasteiger partial charge on any atom is 0.490 e. The van der Waals surface area contributed by atoms with Gasteiger partial charge in [-0.25, -0.2) is 18.8 Å². The fraction of sp³-hybridized carbons (Fsp3) is 0.148. The number of nitrogens with one attached hydrogen (secondary N) is 2. The van der Waals surface area contributed by atoms with E-state index < -0.39 is 35.5 Å². The maximum atomic E-state index is 15.0. The number of nitrogens with two attached hydrogens (primary N) is 1. The van der Waals surface area contributed by atoms with Crippen LogP contribution in [0.3, 0.4) is 0 Å². The van der Waals surface area contributed by atoms with Crippen LogP contribution >= 0.6 is 0 Å². The van der Waals surface area contributed by atoms with Crippen molar-refractivity contribution >= 4 is 17.8 Å². The Balaban J connectivity index is 0.000000616. The smallest absolute Gasteiger partial charge is 0.490 e. The zero-order valence-electron chi connectivity index (χ0n) is 21.6. The minimum atomic E-state index is -5.08. The van der Waals surface area contributed by atoms with Crippen LogP contribution in [0.15, 0.2) is 71.5 Å². The van der Waals surface area contributed by atoms with Crippen molar-refractivity contribution in [3.8, 4) is 11.4 Å². The highest BCUT2D eigenvalue weighted by molar-refractivity contribution is 5.94. The quantitative estimate of drug-likeness (QED) is 0.117. The molecule has 0 saturated carbocycles. The molecule has 4 rings (SSSR count). The van der Waals surface area contributed by atoms with E-state index in [2.05, 4.69) is 10.1 Å². The second-order valence-electron chi connectivity index (χ2n) is 8.61. The average Bonchev–Trinajstić information content (AvgIpc) is 3.33. The first kappa shape index (κ1) is 31.1. The molecule has 0 fully saturated rings. The number of aromatic amines is 1. The molecule has 0 amide bonds. The molecule has 1 atom stereocenters. The molecule has 1 heterocycles. The number of amidine groups is 1. The summed E-state index contributed by atoms with van der Waals surface area (Å²) in [5.41, 5.74) is 6.43. The van der Waals surface area contributed by atoms with Crippen LogP contribution in [0.5, 0.6) is 5.75 Å². The second-order valence-corrected chi connectivity index (χ2v) is 8.61. The highest BCUT2D eigenvalue weighted by Gasteiger charge is 2.38. The number of para-hydroxylation sites is 1. The number of benzene rings is 3. The van der Waals surface area contributed by atoms with E-state index in [-0.39, 0.29) is 34.9 Å². The summed E-state index contributed by atoms with van der Waals surface area (Å²) in [6.45, 7) is 0. The number of carbonyl (C=O) groups is 2. The lowest BCUT2D eigenvalue weighted by molar-refractivity contribution is -0.192. The van der Waals surface area contributed by atoms with Gasteiger partial charge in [-0.2, -0.15) is 17.9 Å². The molecule has 4 aromatic rings. The minimum absolute atomic E-state index is 0.0768. The van der Waals surface area contributed by atoms with Crippen LogP contribution in [0.2, 0.25) is 0 Å². The van der Waals surface area contributed by atoms with Crippen LogP contribution in [0.4, 0.5) is 17.6 Å². The molecule has 1 unspecified atom stereocenters. The number of methoxy groups -OCH3 is 1. The van der Waals surface area contributed by atoms with Gasteiger partial charge in [-0.05, 0) is 42.3 Å². The summed E-state index contributed by atoms with van der Waals surface area (Å²) < 4.78 is 53.0. The molecule has 6 N–H and O–H groups in total. The monoisotopic (exact) mass is 589 g/mol. The SMILES string of the molecule is COc1ccc(F)c(C(Cc2ccc(C(=N)N)cc2)c2nn(-c3ccccc3C(=O)O)c(=O)[nH]2)c1.O=C(O)C(F)(F)F. The molecule has 11 nitrogen and oxygen atoms in total. The first-order valence-electron chi connectivity index (χ1n) is 11.8. The number of rotatable bonds is 8. The van der Waals surface area contributed by atoms with Crippen LogP contribution in [0.1, 0.15) is 38.8 Å². The number of carboxylic acids is 2. The highest BCUT2D eigenvalue weighted by atomic mass is 19.4. The summed E-state index contributed by atoms with van der Waals surface area (Å²) in [5.74, 6) is -4.72. The van der Waals surface area contributed by atoms with Gasteiger partial charge in [0.05, 0.1) is 24.3 Å². The van der Waals surface area contributed by atoms with Crippen LogP contribution < -0.4 is 16.2 Å². The van der Waals surface area contributed by atoms with Crippen molar-refractivity contribution in [1.29, 1.82) is 5.41 Å². The molecule has 220 valence electrons. The third kappa shape index (κ3) is 7.38. The van der Waals surface area contributed by atoms with E-state index in [1.54, 1.807) is 36.4 Å². The molecule has 0 radical (unpaired) electrons. The molecule has 0 saturated heterocycles. The molecular formula is C27H23F4N5O6. The maximum absolute atomic E-state index is 15.0. The molecule has 42 heavy (non-hydrogen) atoms. The Morgan fingerprint density at radius 2 is 1.71 bits per heavy atom. The Kier molecular flexibility index (Phi) is 9.47. The summed E-state index contributed by atoms with van der Waals surface area (Å²) in [6, 6.07) is 17.2. The van der Waals surface area contributed by atoms with Gasteiger partial charge in [0.15, 0.2) is 0 Å². The number of H-pyrrole nitrogens is 1.